The monoisotopic (exact) mass is 352 g/mol. The van der Waals surface area contributed by atoms with Crippen molar-refractivity contribution >= 4 is 29.2 Å². The van der Waals surface area contributed by atoms with Gasteiger partial charge in [0.2, 0.25) is 5.91 Å². The topological polar surface area (TPSA) is 64.7 Å². The van der Waals surface area contributed by atoms with Crippen LogP contribution in [0.4, 0.5) is 10.5 Å². The Bertz CT molecular complexity index is 571. The Kier molecular flexibility index (Phi) is 6.87. The maximum atomic E-state index is 11.9. The fourth-order valence-corrected chi connectivity index (χ4v) is 2.73. The van der Waals surface area contributed by atoms with Gasteiger partial charge in [0.25, 0.3) is 0 Å². The lowest BCUT2D eigenvalue weighted by Gasteiger charge is -2.35. The first kappa shape index (κ1) is 18.5. The molecule has 7 heteroatoms. The molecule has 0 atom stereocenters. The molecule has 0 aliphatic carbocycles. The quantitative estimate of drug-likeness (QED) is 0.850. The highest BCUT2D eigenvalue weighted by atomic mass is 35.5. The second-order valence-corrected chi connectivity index (χ2v) is 6.83. The van der Waals surface area contributed by atoms with Crippen molar-refractivity contribution in [1.82, 2.24) is 15.5 Å². The number of carbonyl (C=O) groups is 2. The number of hydrogen-bond donors (Lipinski definition) is 2. The molecule has 0 radical (unpaired) electrons. The summed E-state index contributed by atoms with van der Waals surface area (Å²) >= 11 is 6.03. The number of hydrogen-bond acceptors (Lipinski definition) is 4. The van der Waals surface area contributed by atoms with Crippen LogP contribution in [0.1, 0.15) is 13.8 Å². The number of halogens is 1. The van der Waals surface area contributed by atoms with E-state index in [4.69, 9.17) is 11.6 Å². The van der Waals surface area contributed by atoms with Crippen LogP contribution in [0.5, 0.6) is 0 Å². The van der Waals surface area contributed by atoms with E-state index in [1.54, 1.807) is 0 Å². The third-order valence-electron chi connectivity index (χ3n) is 3.84. The van der Waals surface area contributed by atoms with Gasteiger partial charge in [0.15, 0.2) is 0 Å². The molecule has 0 aromatic heterocycles. The molecule has 1 heterocycles. The number of urea groups is 1. The molecule has 1 aromatic carbocycles. The van der Waals surface area contributed by atoms with Crippen molar-refractivity contribution in [3.63, 3.8) is 0 Å². The summed E-state index contributed by atoms with van der Waals surface area (Å²) in [4.78, 5) is 27.8. The summed E-state index contributed by atoms with van der Waals surface area (Å²) < 4.78 is 0. The molecular weight excluding hydrogens is 328 g/mol. The molecular formula is C17H25ClN4O2. The minimum Gasteiger partial charge on any atom is -0.369 e. The maximum absolute atomic E-state index is 11.9. The lowest BCUT2D eigenvalue weighted by atomic mass is 10.2. The summed E-state index contributed by atoms with van der Waals surface area (Å²) in [6.07, 6.45) is 0. The summed E-state index contributed by atoms with van der Waals surface area (Å²) in [6, 6.07) is 7.35. The molecule has 2 rings (SSSR count). The van der Waals surface area contributed by atoms with E-state index in [1.807, 2.05) is 43.0 Å². The molecule has 1 aliphatic rings. The molecule has 0 saturated carbocycles. The number of nitrogens with zero attached hydrogens (tertiary/aromatic N) is 2. The predicted molar refractivity (Wildman–Crippen MR) is 96.5 cm³/mol. The second-order valence-electron chi connectivity index (χ2n) is 6.40. The summed E-state index contributed by atoms with van der Waals surface area (Å²) in [5.41, 5.74) is 1.10. The fraction of sp³-hybridized carbons (Fsp3) is 0.529. The number of carbonyl (C=O) groups excluding carboxylic acids is 2. The number of rotatable bonds is 5. The number of piperazine rings is 1. The van der Waals surface area contributed by atoms with E-state index >= 15 is 0 Å². The smallest absolute Gasteiger partial charge is 0.321 e. The second kappa shape index (κ2) is 8.89. The zero-order valence-electron chi connectivity index (χ0n) is 14.2. The first-order chi connectivity index (χ1) is 11.4. The van der Waals surface area contributed by atoms with Crippen molar-refractivity contribution in [3.05, 3.63) is 29.3 Å². The van der Waals surface area contributed by atoms with Crippen molar-refractivity contribution in [2.75, 3.05) is 44.2 Å². The fourth-order valence-electron chi connectivity index (χ4n) is 2.55. The molecule has 1 saturated heterocycles. The van der Waals surface area contributed by atoms with Gasteiger partial charge in [-0.05, 0) is 24.1 Å². The van der Waals surface area contributed by atoms with Crippen LogP contribution in [0.15, 0.2) is 24.3 Å². The van der Waals surface area contributed by atoms with E-state index in [2.05, 4.69) is 15.5 Å². The van der Waals surface area contributed by atoms with Gasteiger partial charge in [-0.1, -0.05) is 31.5 Å². The highest BCUT2D eigenvalue weighted by Gasteiger charge is 2.20. The lowest BCUT2D eigenvalue weighted by Crippen LogP contribution is -2.51. The van der Waals surface area contributed by atoms with Gasteiger partial charge >= 0.3 is 6.03 Å². The largest absolute Gasteiger partial charge is 0.369 e. The van der Waals surface area contributed by atoms with E-state index in [1.165, 1.54) is 0 Å². The lowest BCUT2D eigenvalue weighted by molar-refractivity contribution is -0.121. The molecule has 24 heavy (non-hydrogen) atoms. The molecule has 1 aromatic rings. The standard InChI is InChI=1S/C17H25ClN4O2/c1-13(2)11-19-17(24)20-16(23)12-21-6-8-22(9-7-21)15-5-3-4-14(18)10-15/h3-5,10,13H,6-9,11-12H2,1-2H3,(H2,19,20,23,24). The van der Waals surface area contributed by atoms with Crippen LogP contribution in [-0.4, -0.2) is 56.1 Å². The third kappa shape index (κ3) is 6.02. The van der Waals surface area contributed by atoms with Crippen LogP contribution in [0.25, 0.3) is 0 Å². The zero-order chi connectivity index (χ0) is 17.5. The summed E-state index contributed by atoms with van der Waals surface area (Å²) in [5, 5.41) is 5.77. The van der Waals surface area contributed by atoms with E-state index < -0.39 is 6.03 Å². The van der Waals surface area contributed by atoms with E-state index in [0.29, 0.717) is 12.5 Å². The number of imide groups is 1. The maximum Gasteiger partial charge on any atom is 0.321 e. The van der Waals surface area contributed by atoms with Crippen molar-refractivity contribution in [1.29, 1.82) is 0 Å². The van der Waals surface area contributed by atoms with Gasteiger partial charge in [-0.3, -0.25) is 15.0 Å². The molecule has 1 aliphatic heterocycles. The Morgan fingerprint density at radius 2 is 1.92 bits per heavy atom. The average molecular weight is 353 g/mol. The number of benzene rings is 1. The van der Waals surface area contributed by atoms with Crippen LogP contribution in [0.3, 0.4) is 0 Å². The summed E-state index contributed by atoms with van der Waals surface area (Å²) in [5.74, 6) is 0.0814. The molecule has 0 unspecified atom stereocenters. The van der Waals surface area contributed by atoms with Gasteiger partial charge in [-0.15, -0.1) is 0 Å². The van der Waals surface area contributed by atoms with Gasteiger partial charge in [0.1, 0.15) is 0 Å². The molecule has 1 fully saturated rings. The van der Waals surface area contributed by atoms with Gasteiger partial charge in [0.05, 0.1) is 6.54 Å². The summed E-state index contributed by atoms with van der Waals surface area (Å²) in [7, 11) is 0. The Balaban J connectivity index is 1.72. The average Bonchev–Trinajstić information content (AvgIpc) is 2.53. The molecule has 6 nitrogen and oxygen atoms in total. The SMILES string of the molecule is CC(C)CNC(=O)NC(=O)CN1CCN(c2cccc(Cl)c2)CC1. The molecule has 0 spiro atoms. The van der Waals surface area contributed by atoms with Crippen molar-refractivity contribution in [2.45, 2.75) is 13.8 Å². The minimum absolute atomic E-state index is 0.235. The van der Waals surface area contributed by atoms with Gasteiger partial charge < -0.3 is 10.2 Å². The highest BCUT2D eigenvalue weighted by Crippen LogP contribution is 2.20. The predicted octanol–water partition coefficient (Wildman–Crippen LogP) is 1.94. The molecule has 3 amide bonds. The zero-order valence-corrected chi connectivity index (χ0v) is 15.0. The van der Waals surface area contributed by atoms with E-state index in [-0.39, 0.29) is 12.5 Å². The Labute approximate surface area is 148 Å². The van der Waals surface area contributed by atoms with Crippen LogP contribution >= 0.6 is 11.6 Å². The van der Waals surface area contributed by atoms with Gasteiger partial charge in [-0.25, -0.2) is 4.79 Å². The number of nitrogens with one attached hydrogen (secondary N) is 2. The van der Waals surface area contributed by atoms with Gasteiger partial charge in [0, 0.05) is 43.4 Å². The van der Waals surface area contributed by atoms with E-state index in [9.17, 15) is 9.59 Å². The Morgan fingerprint density at radius 1 is 1.21 bits per heavy atom. The van der Waals surface area contributed by atoms with Crippen molar-refractivity contribution in [3.8, 4) is 0 Å². The first-order valence-corrected chi connectivity index (χ1v) is 8.62. The van der Waals surface area contributed by atoms with Crippen LogP contribution in [-0.2, 0) is 4.79 Å². The van der Waals surface area contributed by atoms with Crippen molar-refractivity contribution < 1.29 is 9.59 Å². The van der Waals surface area contributed by atoms with Crippen LogP contribution in [0, 0.1) is 5.92 Å². The normalized spacial score (nSPS) is 15.4. The van der Waals surface area contributed by atoms with Gasteiger partial charge in [-0.2, -0.15) is 0 Å². The number of amides is 3. The van der Waals surface area contributed by atoms with Crippen molar-refractivity contribution in [2.24, 2.45) is 5.92 Å². The highest BCUT2D eigenvalue weighted by molar-refractivity contribution is 6.30. The van der Waals surface area contributed by atoms with Crippen LogP contribution in [0.2, 0.25) is 5.02 Å². The molecule has 2 N–H and O–H groups in total. The third-order valence-corrected chi connectivity index (χ3v) is 4.07. The molecule has 132 valence electrons. The molecule has 0 bridgehead atoms. The number of anilines is 1. The minimum atomic E-state index is -0.425. The first-order valence-electron chi connectivity index (χ1n) is 8.24. The summed E-state index contributed by atoms with van der Waals surface area (Å²) in [6.45, 7) is 7.99. The Morgan fingerprint density at radius 3 is 2.54 bits per heavy atom. The Hall–Kier alpha value is -1.79. The van der Waals surface area contributed by atoms with Crippen LogP contribution < -0.4 is 15.5 Å². The van der Waals surface area contributed by atoms with E-state index in [0.717, 1.165) is 36.9 Å².